The standard InChI is InChI=1S/C7H12N2OS/c1-7(2,10-3)6-9-5(8)4-11-6/h4H,8H2,1-3H3. The van der Waals surface area contributed by atoms with E-state index in [1.165, 1.54) is 11.3 Å². The number of nitrogens with zero attached hydrogens (tertiary/aromatic N) is 1. The summed E-state index contributed by atoms with van der Waals surface area (Å²) in [6, 6.07) is 0. The average molecular weight is 172 g/mol. The molecule has 4 heteroatoms. The summed E-state index contributed by atoms with van der Waals surface area (Å²) in [4.78, 5) is 4.12. The quantitative estimate of drug-likeness (QED) is 0.737. The first-order chi connectivity index (χ1) is 5.06. The van der Waals surface area contributed by atoms with Crippen molar-refractivity contribution in [2.75, 3.05) is 12.8 Å². The molecule has 11 heavy (non-hydrogen) atoms. The highest BCUT2D eigenvalue weighted by Crippen LogP contribution is 2.27. The first-order valence-electron chi connectivity index (χ1n) is 3.33. The fourth-order valence-corrected chi connectivity index (χ4v) is 1.46. The lowest BCUT2D eigenvalue weighted by Crippen LogP contribution is -2.18. The highest BCUT2D eigenvalue weighted by atomic mass is 32.1. The second-order valence-electron chi connectivity index (χ2n) is 2.79. The number of anilines is 1. The molecule has 0 atom stereocenters. The SMILES string of the molecule is COC(C)(C)c1nc(N)cs1. The molecule has 1 aromatic rings. The van der Waals surface area contributed by atoms with E-state index in [-0.39, 0.29) is 5.60 Å². The van der Waals surface area contributed by atoms with Gasteiger partial charge in [0, 0.05) is 12.5 Å². The van der Waals surface area contributed by atoms with Crippen LogP contribution in [0.1, 0.15) is 18.9 Å². The van der Waals surface area contributed by atoms with Gasteiger partial charge < -0.3 is 10.5 Å². The fourth-order valence-electron chi connectivity index (χ4n) is 0.650. The van der Waals surface area contributed by atoms with Gasteiger partial charge in [0.15, 0.2) is 0 Å². The molecular formula is C7H12N2OS. The molecule has 62 valence electrons. The van der Waals surface area contributed by atoms with E-state index in [9.17, 15) is 0 Å². The van der Waals surface area contributed by atoms with Crippen LogP contribution in [0.5, 0.6) is 0 Å². The van der Waals surface area contributed by atoms with Gasteiger partial charge in [0.2, 0.25) is 0 Å². The van der Waals surface area contributed by atoms with Crippen LogP contribution in [0, 0.1) is 0 Å². The van der Waals surface area contributed by atoms with Gasteiger partial charge in [-0.25, -0.2) is 4.98 Å². The number of hydrogen-bond acceptors (Lipinski definition) is 4. The summed E-state index contributed by atoms with van der Waals surface area (Å²) in [6.45, 7) is 3.93. The number of thiazole rings is 1. The van der Waals surface area contributed by atoms with Crippen molar-refractivity contribution in [2.24, 2.45) is 0 Å². The van der Waals surface area contributed by atoms with E-state index in [4.69, 9.17) is 10.5 Å². The van der Waals surface area contributed by atoms with E-state index < -0.39 is 0 Å². The Labute approximate surface area is 70.2 Å². The number of aromatic nitrogens is 1. The lowest BCUT2D eigenvalue weighted by molar-refractivity contribution is 0.0191. The van der Waals surface area contributed by atoms with Crippen LogP contribution in [-0.2, 0) is 10.3 Å². The van der Waals surface area contributed by atoms with Crippen LogP contribution in [-0.4, -0.2) is 12.1 Å². The van der Waals surface area contributed by atoms with Crippen molar-refractivity contribution in [3.8, 4) is 0 Å². The van der Waals surface area contributed by atoms with Gasteiger partial charge in [-0.2, -0.15) is 0 Å². The average Bonchev–Trinajstić information content (AvgIpc) is 2.36. The molecule has 0 aliphatic heterocycles. The van der Waals surface area contributed by atoms with E-state index >= 15 is 0 Å². The van der Waals surface area contributed by atoms with Crippen molar-refractivity contribution >= 4 is 17.2 Å². The van der Waals surface area contributed by atoms with Crippen molar-refractivity contribution < 1.29 is 4.74 Å². The smallest absolute Gasteiger partial charge is 0.134 e. The lowest BCUT2D eigenvalue weighted by atomic mass is 10.1. The molecule has 0 aromatic carbocycles. The molecule has 0 fully saturated rings. The maximum Gasteiger partial charge on any atom is 0.134 e. The van der Waals surface area contributed by atoms with E-state index in [0.29, 0.717) is 5.82 Å². The second-order valence-corrected chi connectivity index (χ2v) is 3.65. The normalized spacial score (nSPS) is 11.9. The summed E-state index contributed by atoms with van der Waals surface area (Å²) in [6.07, 6.45) is 0. The minimum Gasteiger partial charge on any atom is -0.383 e. The Morgan fingerprint density at radius 1 is 1.64 bits per heavy atom. The summed E-state index contributed by atoms with van der Waals surface area (Å²) in [5.41, 5.74) is 5.16. The maximum atomic E-state index is 5.47. The molecule has 0 aliphatic carbocycles. The summed E-state index contributed by atoms with van der Waals surface area (Å²) in [5, 5.41) is 2.73. The van der Waals surface area contributed by atoms with Gasteiger partial charge in [-0.1, -0.05) is 0 Å². The van der Waals surface area contributed by atoms with Crippen molar-refractivity contribution in [1.29, 1.82) is 0 Å². The van der Waals surface area contributed by atoms with Crippen molar-refractivity contribution in [2.45, 2.75) is 19.4 Å². The molecule has 0 spiro atoms. The van der Waals surface area contributed by atoms with E-state index in [0.717, 1.165) is 5.01 Å². The van der Waals surface area contributed by atoms with Crippen molar-refractivity contribution in [3.05, 3.63) is 10.4 Å². The summed E-state index contributed by atoms with van der Waals surface area (Å²) < 4.78 is 5.23. The number of ether oxygens (including phenoxy) is 1. The third-order valence-electron chi connectivity index (χ3n) is 1.55. The lowest BCUT2D eigenvalue weighted by Gasteiger charge is -2.19. The molecule has 3 nitrogen and oxygen atoms in total. The Morgan fingerprint density at radius 2 is 2.27 bits per heavy atom. The van der Waals surface area contributed by atoms with E-state index in [1.54, 1.807) is 7.11 Å². The molecule has 0 saturated heterocycles. The Morgan fingerprint density at radius 3 is 2.64 bits per heavy atom. The summed E-state index contributed by atoms with van der Waals surface area (Å²) >= 11 is 1.52. The van der Waals surface area contributed by atoms with Crippen LogP contribution in [0.3, 0.4) is 0 Å². The minimum atomic E-state index is -0.317. The molecule has 1 aromatic heterocycles. The van der Waals surface area contributed by atoms with Crippen molar-refractivity contribution in [1.82, 2.24) is 4.98 Å². The van der Waals surface area contributed by atoms with E-state index in [1.807, 2.05) is 19.2 Å². The van der Waals surface area contributed by atoms with Crippen LogP contribution in [0.15, 0.2) is 5.38 Å². The molecule has 0 aliphatic rings. The zero-order valence-electron chi connectivity index (χ0n) is 6.92. The first-order valence-corrected chi connectivity index (χ1v) is 4.21. The number of methoxy groups -OCH3 is 1. The molecule has 0 radical (unpaired) electrons. The fraction of sp³-hybridized carbons (Fsp3) is 0.571. The first kappa shape index (κ1) is 8.49. The summed E-state index contributed by atoms with van der Waals surface area (Å²) in [7, 11) is 1.66. The third kappa shape index (κ3) is 1.70. The zero-order valence-corrected chi connectivity index (χ0v) is 7.73. The molecular weight excluding hydrogens is 160 g/mol. The zero-order chi connectivity index (χ0) is 8.48. The number of nitrogen functional groups attached to an aromatic ring is 1. The summed E-state index contributed by atoms with van der Waals surface area (Å²) in [5.74, 6) is 0.565. The van der Waals surface area contributed by atoms with Gasteiger partial charge in [0.05, 0.1) is 0 Å². The molecule has 1 rings (SSSR count). The Bertz CT molecular complexity index is 244. The number of nitrogens with two attached hydrogens (primary N) is 1. The van der Waals surface area contributed by atoms with Crippen LogP contribution in [0.4, 0.5) is 5.82 Å². The molecule has 0 unspecified atom stereocenters. The monoisotopic (exact) mass is 172 g/mol. The highest BCUT2D eigenvalue weighted by molar-refractivity contribution is 7.10. The predicted molar refractivity (Wildman–Crippen MR) is 46.6 cm³/mol. The molecule has 2 N–H and O–H groups in total. The van der Waals surface area contributed by atoms with Gasteiger partial charge in [-0.05, 0) is 13.8 Å². The number of rotatable bonds is 2. The van der Waals surface area contributed by atoms with Crippen molar-refractivity contribution in [3.63, 3.8) is 0 Å². The van der Waals surface area contributed by atoms with Gasteiger partial charge in [0.1, 0.15) is 16.4 Å². The highest BCUT2D eigenvalue weighted by Gasteiger charge is 2.22. The Balaban J connectivity index is 2.92. The van der Waals surface area contributed by atoms with Crippen LogP contribution >= 0.6 is 11.3 Å². The van der Waals surface area contributed by atoms with Gasteiger partial charge in [-0.15, -0.1) is 11.3 Å². The Kier molecular flexibility index (Phi) is 2.15. The molecule has 0 bridgehead atoms. The van der Waals surface area contributed by atoms with Crippen LogP contribution in [0.25, 0.3) is 0 Å². The van der Waals surface area contributed by atoms with E-state index in [2.05, 4.69) is 4.98 Å². The van der Waals surface area contributed by atoms with Gasteiger partial charge >= 0.3 is 0 Å². The van der Waals surface area contributed by atoms with Gasteiger partial charge in [-0.3, -0.25) is 0 Å². The van der Waals surface area contributed by atoms with Crippen LogP contribution in [0.2, 0.25) is 0 Å². The largest absolute Gasteiger partial charge is 0.383 e. The predicted octanol–water partition coefficient (Wildman–Crippen LogP) is 1.61. The maximum absolute atomic E-state index is 5.47. The molecule has 1 heterocycles. The Hall–Kier alpha value is -0.610. The minimum absolute atomic E-state index is 0.317. The molecule has 0 amide bonds. The topological polar surface area (TPSA) is 48.1 Å². The molecule has 0 saturated carbocycles. The second kappa shape index (κ2) is 2.79. The van der Waals surface area contributed by atoms with Gasteiger partial charge in [0.25, 0.3) is 0 Å². The third-order valence-corrected chi connectivity index (χ3v) is 2.71. The number of hydrogen-bond donors (Lipinski definition) is 1. The van der Waals surface area contributed by atoms with Crippen LogP contribution < -0.4 is 5.73 Å².